The van der Waals surface area contributed by atoms with Crippen molar-refractivity contribution in [3.8, 4) is 0 Å². The first-order valence-electron chi connectivity index (χ1n) is 6.39. The minimum atomic E-state index is 0.247. The molecule has 0 unspecified atom stereocenters. The van der Waals surface area contributed by atoms with Gasteiger partial charge in [0.05, 0.1) is 6.61 Å². The van der Waals surface area contributed by atoms with Crippen molar-refractivity contribution in [2.75, 3.05) is 44.4 Å². The SMILES string of the molecule is CCOCCN(CC)C1(CN)CCSCC1. The van der Waals surface area contributed by atoms with Crippen molar-refractivity contribution >= 4 is 11.8 Å². The van der Waals surface area contributed by atoms with Crippen molar-refractivity contribution < 1.29 is 4.74 Å². The third kappa shape index (κ3) is 3.62. The quantitative estimate of drug-likeness (QED) is 0.692. The number of hydrogen-bond donors (Lipinski definition) is 1. The van der Waals surface area contributed by atoms with Crippen LogP contribution >= 0.6 is 11.8 Å². The van der Waals surface area contributed by atoms with Crippen LogP contribution in [-0.4, -0.2) is 54.8 Å². The highest BCUT2D eigenvalue weighted by molar-refractivity contribution is 7.99. The van der Waals surface area contributed by atoms with Crippen molar-refractivity contribution in [2.24, 2.45) is 5.73 Å². The molecule has 1 fully saturated rings. The zero-order valence-corrected chi connectivity index (χ0v) is 11.5. The van der Waals surface area contributed by atoms with Gasteiger partial charge in [0.25, 0.3) is 0 Å². The molecule has 1 aliphatic rings. The molecule has 0 bridgehead atoms. The van der Waals surface area contributed by atoms with Crippen LogP contribution in [0.1, 0.15) is 26.7 Å². The van der Waals surface area contributed by atoms with Crippen LogP contribution in [0.15, 0.2) is 0 Å². The van der Waals surface area contributed by atoms with E-state index in [1.807, 2.05) is 6.92 Å². The van der Waals surface area contributed by atoms with Crippen LogP contribution in [0.3, 0.4) is 0 Å². The van der Waals surface area contributed by atoms with Crippen LogP contribution in [-0.2, 0) is 4.74 Å². The topological polar surface area (TPSA) is 38.5 Å². The third-order valence-electron chi connectivity index (χ3n) is 3.57. The molecule has 0 aromatic heterocycles. The Hall–Kier alpha value is 0.230. The molecule has 1 saturated heterocycles. The number of hydrogen-bond acceptors (Lipinski definition) is 4. The van der Waals surface area contributed by atoms with E-state index in [2.05, 4.69) is 23.6 Å². The van der Waals surface area contributed by atoms with Gasteiger partial charge in [-0.3, -0.25) is 4.90 Å². The molecule has 96 valence electrons. The summed E-state index contributed by atoms with van der Waals surface area (Å²) in [7, 11) is 0. The van der Waals surface area contributed by atoms with Gasteiger partial charge in [0.1, 0.15) is 0 Å². The van der Waals surface area contributed by atoms with Crippen molar-refractivity contribution in [3.05, 3.63) is 0 Å². The first-order chi connectivity index (χ1) is 7.79. The van der Waals surface area contributed by atoms with E-state index in [1.54, 1.807) is 0 Å². The van der Waals surface area contributed by atoms with Gasteiger partial charge in [0, 0.05) is 25.2 Å². The Morgan fingerprint density at radius 3 is 2.50 bits per heavy atom. The zero-order valence-electron chi connectivity index (χ0n) is 10.7. The van der Waals surface area contributed by atoms with E-state index in [-0.39, 0.29) is 5.54 Å². The summed E-state index contributed by atoms with van der Waals surface area (Å²) in [6, 6.07) is 0. The summed E-state index contributed by atoms with van der Waals surface area (Å²) in [6.45, 7) is 8.80. The molecule has 1 aliphatic heterocycles. The van der Waals surface area contributed by atoms with Gasteiger partial charge < -0.3 is 10.5 Å². The summed E-state index contributed by atoms with van der Waals surface area (Å²) in [4.78, 5) is 2.53. The predicted molar refractivity (Wildman–Crippen MR) is 72.1 cm³/mol. The normalized spacial score (nSPS) is 20.2. The Kier molecular flexibility index (Phi) is 6.73. The smallest absolute Gasteiger partial charge is 0.0593 e. The van der Waals surface area contributed by atoms with E-state index in [4.69, 9.17) is 10.5 Å². The van der Waals surface area contributed by atoms with Gasteiger partial charge in [0.2, 0.25) is 0 Å². The van der Waals surface area contributed by atoms with Gasteiger partial charge in [-0.2, -0.15) is 11.8 Å². The van der Waals surface area contributed by atoms with Crippen LogP contribution in [0.25, 0.3) is 0 Å². The highest BCUT2D eigenvalue weighted by Gasteiger charge is 2.35. The molecule has 16 heavy (non-hydrogen) atoms. The second-order valence-electron chi connectivity index (χ2n) is 4.32. The summed E-state index contributed by atoms with van der Waals surface area (Å²) in [6.07, 6.45) is 2.46. The van der Waals surface area contributed by atoms with Gasteiger partial charge in [-0.25, -0.2) is 0 Å². The third-order valence-corrected chi connectivity index (χ3v) is 4.55. The fraction of sp³-hybridized carbons (Fsp3) is 1.00. The van der Waals surface area contributed by atoms with E-state index in [1.165, 1.54) is 24.3 Å². The van der Waals surface area contributed by atoms with Gasteiger partial charge in [-0.1, -0.05) is 6.92 Å². The lowest BCUT2D eigenvalue weighted by Gasteiger charge is -2.45. The first kappa shape index (κ1) is 14.3. The highest BCUT2D eigenvalue weighted by Crippen LogP contribution is 2.31. The largest absolute Gasteiger partial charge is 0.380 e. The highest BCUT2D eigenvalue weighted by atomic mass is 32.2. The lowest BCUT2D eigenvalue weighted by atomic mass is 9.90. The fourth-order valence-corrected chi connectivity index (χ4v) is 3.70. The molecule has 0 spiro atoms. The minimum absolute atomic E-state index is 0.247. The standard InChI is InChI=1S/C12H26N2OS/c1-3-14(7-8-15-4-2)12(11-13)5-9-16-10-6-12/h3-11,13H2,1-2H3. The van der Waals surface area contributed by atoms with E-state index in [0.29, 0.717) is 0 Å². The summed E-state index contributed by atoms with van der Waals surface area (Å²) >= 11 is 2.06. The van der Waals surface area contributed by atoms with Gasteiger partial charge >= 0.3 is 0 Å². The number of likely N-dealkylation sites (N-methyl/N-ethyl adjacent to an activating group) is 1. The van der Waals surface area contributed by atoms with Crippen LogP contribution < -0.4 is 5.73 Å². The van der Waals surface area contributed by atoms with Gasteiger partial charge in [0.15, 0.2) is 0 Å². The number of nitrogens with two attached hydrogens (primary N) is 1. The molecule has 0 amide bonds. The molecule has 0 aromatic carbocycles. The average Bonchev–Trinajstić information content (AvgIpc) is 2.35. The molecule has 0 aromatic rings. The van der Waals surface area contributed by atoms with Crippen LogP contribution in [0.5, 0.6) is 0 Å². The van der Waals surface area contributed by atoms with E-state index in [9.17, 15) is 0 Å². The molecule has 2 N–H and O–H groups in total. The Labute approximate surface area is 104 Å². The second-order valence-corrected chi connectivity index (χ2v) is 5.54. The summed E-state index contributed by atoms with van der Waals surface area (Å²) in [5, 5.41) is 0. The van der Waals surface area contributed by atoms with E-state index in [0.717, 1.165) is 32.8 Å². The van der Waals surface area contributed by atoms with Crippen LogP contribution in [0.2, 0.25) is 0 Å². The molecular formula is C12H26N2OS. The first-order valence-corrected chi connectivity index (χ1v) is 7.55. The van der Waals surface area contributed by atoms with Crippen LogP contribution in [0, 0.1) is 0 Å². The molecule has 4 heteroatoms. The summed E-state index contributed by atoms with van der Waals surface area (Å²) in [5.74, 6) is 2.50. The molecule has 0 atom stereocenters. The lowest BCUT2D eigenvalue weighted by molar-refractivity contribution is 0.0467. The van der Waals surface area contributed by atoms with E-state index < -0.39 is 0 Å². The average molecular weight is 246 g/mol. The minimum Gasteiger partial charge on any atom is -0.380 e. The molecule has 3 nitrogen and oxygen atoms in total. The maximum atomic E-state index is 6.03. The molecule has 0 saturated carbocycles. The Morgan fingerprint density at radius 2 is 2.00 bits per heavy atom. The summed E-state index contributed by atoms with van der Waals surface area (Å²) in [5.41, 5.74) is 6.27. The number of ether oxygens (including phenoxy) is 1. The predicted octanol–water partition coefficient (Wildman–Crippen LogP) is 1.57. The maximum Gasteiger partial charge on any atom is 0.0593 e. The molecule has 1 heterocycles. The second kappa shape index (κ2) is 7.54. The molecule has 0 radical (unpaired) electrons. The number of nitrogens with zero attached hydrogens (tertiary/aromatic N) is 1. The zero-order chi connectivity index (χ0) is 11.9. The fourth-order valence-electron chi connectivity index (χ4n) is 2.45. The monoisotopic (exact) mass is 246 g/mol. The molecule has 1 rings (SSSR count). The van der Waals surface area contributed by atoms with Gasteiger partial charge in [-0.15, -0.1) is 0 Å². The molecular weight excluding hydrogens is 220 g/mol. The Balaban J connectivity index is 2.51. The summed E-state index contributed by atoms with van der Waals surface area (Å²) < 4.78 is 5.46. The lowest BCUT2D eigenvalue weighted by Crippen LogP contribution is -2.56. The van der Waals surface area contributed by atoms with Crippen molar-refractivity contribution in [2.45, 2.75) is 32.2 Å². The molecule has 0 aliphatic carbocycles. The van der Waals surface area contributed by atoms with Crippen LogP contribution in [0.4, 0.5) is 0 Å². The van der Waals surface area contributed by atoms with Gasteiger partial charge in [-0.05, 0) is 37.8 Å². The van der Waals surface area contributed by atoms with Crippen molar-refractivity contribution in [1.29, 1.82) is 0 Å². The number of rotatable bonds is 7. The Bertz CT molecular complexity index is 184. The van der Waals surface area contributed by atoms with Crippen molar-refractivity contribution in [1.82, 2.24) is 4.90 Å². The Morgan fingerprint density at radius 1 is 1.31 bits per heavy atom. The number of thioether (sulfide) groups is 1. The van der Waals surface area contributed by atoms with E-state index >= 15 is 0 Å². The van der Waals surface area contributed by atoms with Crippen molar-refractivity contribution in [3.63, 3.8) is 0 Å². The maximum absolute atomic E-state index is 6.03.